The summed E-state index contributed by atoms with van der Waals surface area (Å²) in [5.74, 6) is 0.188. The lowest BCUT2D eigenvalue weighted by Crippen LogP contribution is -2.35. The van der Waals surface area contributed by atoms with Crippen molar-refractivity contribution in [1.82, 2.24) is 31.2 Å². The van der Waals surface area contributed by atoms with E-state index in [2.05, 4.69) is 31.6 Å². The molecule has 2 aliphatic heterocycles. The van der Waals surface area contributed by atoms with Crippen LogP contribution in [-0.2, 0) is 22.7 Å². The maximum Gasteiger partial charge on any atom is 0.220 e. The fourth-order valence-electron chi connectivity index (χ4n) is 5.95. The van der Waals surface area contributed by atoms with Gasteiger partial charge in [0.05, 0.1) is 39.9 Å². The molecule has 2 aromatic heterocycles. The highest BCUT2D eigenvalue weighted by molar-refractivity contribution is 6.39. The molecule has 0 bridgehead atoms. The number of rotatable bonds is 13. The Hall–Kier alpha value is -4.29. The molecule has 4 heterocycles. The van der Waals surface area contributed by atoms with Crippen molar-refractivity contribution in [2.45, 2.75) is 50.9 Å². The molecule has 2 saturated heterocycles. The number of nitrogens with one attached hydrogen (secondary N) is 5. The second kappa shape index (κ2) is 15.3. The molecular formula is C35H36Cl2FN7O3. The average molecular weight is 693 g/mol. The minimum Gasteiger partial charge on any atom is -0.481 e. The van der Waals surface area contributed by atoms with Crippen LogP contribution < -0.4 is 31.3 Å². The molecule has 2 atom stereocenters. The highest BCUT2D eigenvalue weighted by Gasteiger charge is 2.22. The van der Waals surface area contributed by atoms with Crippen LogP contribution in [-0.4, -0.2) is 54.1 Å². The van der Waals surface area contributed by atoms with E-state index in [1.54, 1.807) is 37.6 Å². The number of methoxy groups -OCH3 is 1. The van der Waals surface area contributed by atoms with Gasteiger partial charge in [0.25, 0.3) is 0 Å². The summed E-state index contributed by atoms with van der Waals surface area (Å²) >= 11 is 13.9. The van der Waals surface area contributed by atoms with Gasteiger partial charge in [-0.3, -0.25) is 14.6 Å². The van der Waals surface area contributed by atoms with Gasteiger partial charge < -0.3 is 31.3 Å². The molecule has 2 fully saturated rings. The van der Waals surface area contributed by atoms with Gasteiger partial charge in [0, 0.05) is 79.6 Å². The maximum absolute atomic E-state index is 15.5. The first-order valence-corrected chi connectivity index (χ1v) is 16.6. The summed E-state index contributed by atoms with van der Waals surface area (Å²) in [6, 6.07) is 16.3. The maximum atomic E-state index is 15.5. The number of nitrogens with zero attached hydrogens (tertiary/aromatic N) is 2. The Kier molecular flexibility index (Phi) is 10.7. The third kappa shape index (κ3) is 7.71. The van der Waals surface area contributed by atoms with Crippen LogP contribution in [0.2, 0.25) is 10.0 Å². The highest BCUT2D eigenvalue weighted by Crippen LogP contribution is 2.41. The van der Waals surface area contributed by atoms with Gasteiger partial charge in [0.1, 0.15) is 0 Å². The van der Waals surface area contributed by atoms with E-state index < -0.39 is 5.82 Å². The standard InChI is InChI=1S/C35H36Cl2FN7O3/c1-48-35-21(17-40-19-23-10-13-30(47)43-23)8-11-26(45-35)24-5-3-6-25(31(24)36)34-32(37)27(14-15-41-34)44-28-7-2-4-20(33(28)38)16-39-18-22-9-12-29(46)42-22/h2-8,11,14-15,22-23,39-40H,9-10,12-13,16-19H2,1H3,(H,41,44)(H,42,46)(H,43,47)/t22-,23-/m0/s1. The highest BCUT2D eigenvalue weighted by atomic mass is 35.5. The molecule has 0 saturated carbocycles. The Balaban J connectivity index is 1.17. The van der Waals surface area contributed by atoms with Crippen LogP contribution in [0.5, 0.6) is 5.88 Å². The Bertz CT molecular complexity index is 1830. The van der Waals surface area contributed by atoms with E-state index >= 15 is 4.39 Å². The summed E-state index contributed by atoms with van der Waals surface area (Å²) < 4.78 is 21.1. The molecule has 5 N–H and O–H groups in total. The zero-order valence-corrected chi connectivity index (χ0v) is 27.8. The molecule has 2 amide bonds. The molecule has 4 aromatic rings. The number of amides is 2. The second-order valence-corrected chi connectivity index (χ2v) is 12.6. The zero-order valence-electron chi connectivity index (χ0n) is 26.3. The number of carbonyl (C=O) groups is 2. The van der Waals surface area contributed by atoms with Crippen LogP contribution in [0, 0.1) is 5.82 Å². The first-order chi connectivity index (χ1) is 23.3. The van der Waals surface area contributed by atoms with Crippen molar-refractivity contribution in [3.63, 3.8) is 0 Å². The number of hydrogen-bond acceptors (Lipinski definition) is 8. The summed E-state index contributed by atoms with van der Waals surface area (Å²) in [5, 5.41) is 16.3. The number of benzene rings is 2. The lowest BCUT2D eigenvalue weighted by atomic mass is 10.0. The van der Waals surface area contributed by atoms with Crippen molar-refractivity contribution in [2.24, 2.45) is 0 Å². The Morgan fingerprint density at radius 3 is 2.17 bits per heavy atom. The fraction of sp³-hybridized carbons (Fsp3) is 0.314. The molecule has 6 rings (SSSR count). The predicted octanol–water partition coefficient (Wildman–Crippen LogP) is 5.75. The van der Waals surface area contributed by atoms with E-state index in [1.165, 1.54) is 0 Å². The average Bonchev–Trinajstić information content (AvgIpc) is 3.70. The first-order valence-electron chi connectivity index (χ1n) is 15.8. The van der Waals surface area contributed by atoms with E-state index in [-0.39, 0.29) is 34.6 Å². The zero-order chi connectivity index (χ0) is 33.6. The summed E-state index contributed by atoms with van der Waals surface area (Å²) in [6.07, 6.45) is 4.25. The van der Waals surface area contributed by atoms with E-state index in [1.807, 2.05) is 30.3 Å². The van der Waals surface area contributed by atoms with Gasteiger partial charge in [-0.1, -0.05) is 59.6 Å². The van der Waals surface area contributed by atoms with E-state index in [9.17, 15) is 9.59 Å². The summed E-state index contributed by atoms with van der Waals surface area (Å²) in [4.78, 5) is 32.2. The number of ether oxygens (including phenoxy) is 1. The third-order valence-electron chi connectivity index (χ3n) is 8.48. The number of aromatic nitrogens is 2. The minimum atomic E-state index is -0.404. The Labute approximate surface area is 288 Å². The van der Waals surface area contributed by atoms with Crippen molar-refractivity contribution in [2.75, 3.05) is 25.5 Å². The molecule has 0 radical (unpaired) electrons. The van der Waals surface area contributed by atoms with Gasteiger partial charge in [0.2, 0.25) is 17.7 Å². The molecular weight excluding hydrogens is 656 g/mol. The van der Waals surface area contributed by atoms with Gasteiger partial charge in [0.15, 0.2) is 5.82 Å². The number of hydrogen-bond donors (Lipinski definition) is 5. The molecule has 0 aliphatic carbocycles. The van der Waals surface area contributed by atoms with Crippen molar-refractivity contribution in [1.29, 1.82) is 0 Å². The van der Waals surface area contributed by atoms with Crippen molar-refractivity contribution < 1.29 is 18.7 Å². The SMILES string of the molecule is COc1nc(-c2cccc(-c3nccc(Nc4cccc(CNC[C@@H]5CCC(=O)N5)c4F)c3Cl)c2Cl)ccc1CNC[C@@H]1CCC(=O)N1. The molecule has 48 heavy (non-hydrogen) atoms. The summed E-state index contributed by atoms with van der Waals surface area (Å²) in [6.45, 7) is 2.05. The number of pyridine rings is 2. The van der Waals surface area contributed by atoms with Gasteiger partial charge in [-0.05, 0) is 31.0 Å². The normalized spacial score (nSPS) is 17.3. The molecule has 2 aromatic carbocycles. The van der Waals surface area contributed by atoms with Crippen LogP contribution in [0.1, 0.15) is 36.8 Å². The van der Waals surface area contributed by atoms with Crippen molar-refractivity contribution in [3.05, 3.63) is 87.8 Å². The predicted molar refractivity (Wildman–Crippen MR) is 185 cm³/mol. The Morgan fingerprint density at radius 1 is 0.833 bits per heavy atom. The number of anilines is 2. The number of halogens is 3. The van der Waals surface area contributed by atoms with Gasteiger partial charge >= 0.3 is 0 Å². The molecule has 0 unspecified atom stereocenters. The lowest BCUT2D eigenvalue weighted by molar-refractivity contribution is -0.120. The fourth-order valence-corrected chi connectivity index (χ4v) is 6.53. The number of carbonyl (C=O) groups excluding carboxylic acids is 2. The van der Waals surface area contributed by atoms with Crippen molar-refractivity contribution in [3.8, 4) is 28.4 Å². The van der Waals surface area contributed by atoms with Crippen LogP contribution >= 0.6 is 23.2 Å². The van der Waals surface area contributed by atoms with Crippen LogP contribution in [0.15, 0.2) is 60.8 Å². The summed E-state index contributed by atoms with van der Waals surface area (Å²) in [7, 11) is 1.57. The quantitative estimate of drug-likeness (QED) is 0.120. The molecule has 10 nitrogen and oxygen atoms in total. The summed E-state index contributed by atoms with van der Waals surface area (Å²) in [5.41, 5.74) is 4.38. The van der Waals surface area contributed by atoms with Crippen LogP contribution in [0.25, 0.3) is 22.5 Å². The molecule has 250 valence electrons. The topological polar surface area (TPSA) is 129 Å². The van der Waals surface area contributed by atoms with E-state index in [0.717, 1.165) is 18.4 Å². The minimum absolute atomic E-state index is 0.0457. The Morgan fingerprint density at radius 2 is 1.50 bits per heavy atom. The molecule has 13 heteroatoms. The molecule has 0 spiro atoms. The van der Waals surface area contributed by atoms with E-state index in [0.29, 0.717) is 83.7 Å². The monoisotopic (exact) mass is 691 g/mol. The second-order valence-electron chi connectivity index (χ2n) is 11.8. The van der Waals surface area contributed by atoms with Gasteiger partial charge in [-0.15, -0.1) is 0 Å². The third-order valence-corrected chi connectivity index (χ3v) is 9.27. The lowest BCUT2D eigenvalue weighted by Gasteiger charge is -2.16. The largest absolute Gasteiger partial charge is 0.481 e. The van der Waals surface area contributed by atoms with Crippen LogP contribution in [0.4, 0.5) is 15.8 Å². The first kappa shape index (κ1) is 33.6. The van der Waals surface area contributed by atoms with Gasteiger partial charge in [-0.2, -0.15) is 0 Å². The van der Waals surface area contributed by atoms with Crippen molar-refractivity contribution >= 4 is 46.4 Å². The van der Waals surface area contributed by atoms with Gasteiger partial charge in [-0.25, -0.2) is 9.37 Å². The smallest absolute Gasteiger partial charge is 0.220 e. The van der Waals surface area contributed by atoms with E-state index in [4.69, 9.17) is 32.9 Å². The molecule has 2 aliphatic rings. The van der Waals surface area contributed by atoms with Crippen LogP contribution in [0.3, 0.4) is 0 Å².